The Balaban J connectivity index is 2.67. The second-order valence-corrected chi connectivity index (χ2v) is 5.64. The topological polar surface area (TPSA) is 41.6 Å². The first-order chi connectivity index (χ1) is 8.50. The zero-order valence-electron chi connectivity index (χ0n) is 10.5. The van der Waals surface area contributed by atoms with Gasteiger partial charge in [-0.25, -0.2) is 4.98 Å². The Kier molecular flexibility index (Phi) is 3.92. The molecule has 0 spiro atoms. The van der Waals surface area contributed by atoms with Gasteiger partial charge >= 0.3 is 0 Å². The molecule has 0 bridgehead atoms. The molecule has 0 amide bonds. The van der Waals surface area contributed by atoms with Crippen LogP contribution in [0.1, 0.15) is 31.0 Å². The summed E-state index contributed by atoms with van der Waals surface area (Å²) < 4.78 is 1.45. The van der Waals surface area contributed by atoms with Crippen LogP contribution >= 0.6 is 28.1 Å². The largest absolute Gasteiger partial charge is 0.342 e. The lowest BCUT2D eigenvalue weighted by Gasteiger charge is -2.12. The van der Waals surface area contributed by atoms with Gasteiger partial charge in [-0.05, 0) is 40.4 Å². The van der Waals surface area contributed by atoms with E-state index in [1.54, 1.807) is 12.4 Å². The van der Waals surface area contributed by atoms with E-state index in [-0.39, 0.29) is 0 Å². The van der Waals surface area contributed by atoms with Gasteiger partial charge in [-0.3, -0.25) is 4.98 Å². The number of hydrogen-bond acceptors (Lipinski definition) is 3. The van der Waals surface area contributed by atoms with E-state index >= 15 is 0 Å². The highest BCUT2D eigenvalue weighted by Crippen LogP contribution is 2.27. The van der Waals surface area contributed by atoms with Crippen LogP contribution in [0.5, 0.6) is 0 Å². The summed E-state index contributed by atoms with van der Waals surface area (Å²) in [4.78, 5) is 11.9. The van der Waals surface area contributed by atoms with Gasteiger partial charge in [0.1, 0.15) is 10.5 Å². The summed E-state index contributed by atoms with van der Waals surface area (Å²) >= 11 is 8.78. The van der Waals surface area contributed by atoms with Crippen LogP contribution in [-0.2, 0) is 0 Å². The zero-order valence-corrected chi connectivity index (χ0v) is 12.9. The van der Waals surface area contributed by atoms with Crippen LogP contribution in [0.15, 0.2) is 22.9 Å². The fourth-order valence-electron chi connectivity index (χ4n) is 1.71. The molecule has 18 heavy (non-hydrogen) atoms. The van der Waals surface area contributed by atoms with Crippen LogP contribution < -0.4 is 0 Å². The Morgan fingerprint density at radius 2 is 2.11 bits per heavy atom. The highest BCUT2D eigenvalue weighted by Gasteiger charge is 2.12. The summed E-state index contributed by atoms with van der Waals surface area (Å²) in [5.41, 5.74) is 3.17. The minimum atomic E-state index is 0.347. The van der Waals surface area contributed by atoms with Crippen molar-refractivity contribution in [3.8, 4) is 11.4 Å². The average molecular weight is 324 g/mol. The molecule has 0 fully saturated rings. The summed E-state index contributed by atoms with van der Waals surface area (Å²) in [7, 11) is 0. The predicted octanol–water partition coefficient (Wildman–Crippen LogP) is 4.40. The van der Waals surface area contributed by atoms with E-state index in [2.05, 4.69) is 44.7 Å². The first-order valence-corrected chi connectivity index (χ1v) is 6.91. The second-order valence-electron chi connectivity index (χ2n) is 4.46. The number of rotatable bonds is 2. The minimum Gasteiger partial charge on any atom is -0.342 e. The Bertz CT molecular complexity index is 634. The van der Waals surface area contributed by atoms with Crippen molar-refractivity contribution in [2.75, 3.05) is 0 Å². The number of pyridine rings is 1. The van der Waals surface area contributed by atoms with Crippen molar-refractivity contribution in [3.05, 3.63) is 38.8 Å². The summed E-state index contributed by atoms with van der Waals surface area (Å²) in [5.74, 6) is 1.12. The molecule has 0 aliphatic rings. The third-order valence-corrected chi connectivity index (χ3v) is 4.12. The molecule has 0 unspecified atom stereocenters. The average Bonchev–Trinajstić information content (AvgIpc) is 2.33. The summed E-state index contributed by atoms with van der Waals surface area (Å²) in [6, 6.07) is 1.96. The maximum absolute atomic E-state index is 5.29. The SMILES string of the molecule is Cc1ccncc1-c1nc(=S)c(Br)c(C(C)C)[nH]1. The number of aryl methyl sites for hydroxylation is 1. The molecule has 0 aliphatic heterocycles. The van der Waals surface area contributed by atoms with E-state index in [1.165, 1.54) is 0 Å². The first kappa shape index (κ1) is 13.4. The number of halogens is 1. The number of hydrogen-bond donors (Lipinski definition) is 1. The van der Waals surface area contributed by atoms with Gasteiger partial charge in [-0.1, -0.05) is 26.1 Å². The third-order valence-electron chi connectivity index (χ3n) is 2.76. The lowest BCUT2D eigenvalue weighted by Crippen LogP contribution is -2.01. The fourth-order valence-corrected chi connectivity index (χ4v) is 2.56. The third kappa shape index (κ3) is 2.52. The molecule has 2 aromatic rings. The van der Waals surface area contributed by atoms with E-state index in [1.807, 2.05) is 13.0 Å². The molecule has 0 aromatic carbocycles. The van der Waals surface area contributed by atoms with Crippen molar-refractivity contribution < 1.29 is 0 Å². The number of nitrogens with zero attached hydrogens (tertiary/aromatic N) is 2. The zero-order chi connectivity index (χ0) is 13.3. The minimum absolute atomic E-state index is 0.347. The van der Waals surface area contributed by atoms with Crippen molar-refractivity contribution >= 4 is 28.1 Å². The van der Waals surface area contributed by atoms with Gasteiger partial charge in [0.25, 0.3) is 0 Å². The molecule has 1 N–H and O–H groups in total. The molecular weight excluding hydrogens is 310 g/mol. The molecule has 2 aromatic heterocycles. The van der Waals surface area contributed by atoms with Crippen LogP contribution in [0.2, 0.25) is 0 Å². The maximum atomic E-state index is 5.29. The second kappa shape index (κ2) is 5.28. The number of nitrogens with one attached hydrogen (secondary N) is 1. The van der Waals surface area contributed by atoms with Gasteiger partial charge in [-0.2, -0.15) is 0 Å². The van der Waals surface area contributed by atoms with E-state index in [0.29, 0.717) is 10.6 Å². The highest BCUT2D eigenvalue weighted by atomic mass is 79.9. The smallest absolute Gasteiger partial charge is 0.144 e. The summed E-state index contributed by atoms with van der Waals surface area (Å²) in [5, 5.41) is 0. The molecule has 0 atom stereocenters. The number of aromatic amines is 1. The fraction of sp³-hybridized carbons (Fsp3) is 0.308. The van der Waals surface area contributed by atoms with Crippen LogP contribution in [-0.4, -0.2) is 15.0 Å². The first-order valence-electron chi connectivity index (χ1n) is 5.71. The molecule has 0 aliphatic carbocycles. The quantitative estimate of drug-likeness (QED) is 0.833. The normalized spacial score (nSPS) is 10.9. The molecule has 94 valence electrons. The van der Waals surface area contributed by atoms with Gasteiger partial charge in [-0.15, -0.1) is 0 Å². The van der Waals surface area contributed by atoms with Crippen LogP contribution in [0, 0.1) is 11.6 Å². The Morgan fingerprint density at radius 1 is 1.39 bits per heavy atom. The number of H-pyrrole nitrogens is 1. The van der Waals surface area contributed by atoms with Crippen LogP contribution in [0.25, 0.3) is 11.4 Å². The Morgan fingerprint density at radius 3 is 2.72 bits per heavy atom. The monoisotopic (exact) mass is 323 g/mol. The lowest BCUT2D eigenvalue weighted by molar-refractivity contribution is 0.807. The number of aromatic nitrogens is 3. The van der Waals surface area contributed by atoms with Gasteiger partial charge in [0, 0.05) is 23.7 Å². The molecule has 5 heteroatoms. The van der Waals surface area contributed by atoms with E-state index in [0.717, 1.165) is 27.1 Å². The van der Waals surface area contributed by atoms with Gasteiger partial charge < -0.3 is 4.98 Å². The molecule has 3 nitrogen and oxygen atoms in total. The Labute approximate surface area is 120 Å². The van der Waals surface area contributed by atoms with Crippen molar-refractivity contribution in [3.63, 3.8) is 0 Å². The predicted molar refractivity (Wildman–Crippen MR) is 79.2 cm³/mol. The molecule has 2 rings (SSSR count). The van der Waals surface area contributed by atoms with Gasteiger partial charge in [0.15, 0.2) is 0 Å². The van der Waals surface area contributed by atoms with E-state index in [4.69, 9.17) is 12.2 Å². The van der Waals surface area contributed by atoms with Crippen molar-refractivity contribution in [1.82, 2.24) is 15.0 Å². The van der Waals surface area contributed by atoms with Crippen molar-refractivity contribution in [1.29, 1.82) is 0 Å². The summed E-state index contributed by atoms with van der Waals surface area (Å²) in [6.45, 7) is 6.27. The van der Waals surface area contributed by atoms with Gasteiger partial charge in [0.2, 0.25) is 0 Å². The molecule has 0 saturated heterocycles. The molecule has 0 radical (unpaired) electrons. The lowest BCUT2D eigenvalue weighted by atomic mass is 10.1. The Hall–Kier alpha value is -1.07. The van der Waals surface area contributed by atoms with Crippen LogP contribution in [0.3, 0.4) is 0 Å². The molecular formula is C13H14BrN3S. The summed E-state index contributed by atoms with van der Waals surface area (Å²) in [6.07, 6.45) is 3.58. The molecule has 0 saturated carbocycles. The highest BCUT2D eigenvalue weighted by molar-refractivity contribution is 9.10. The van der Waals surface area contributed by atoms with Gasteiger partial charge in [0.05, 0.1) is 4.47 Å². The van der Waals surface area contributed by atoms with Crippen molar-refractivity contribution in [2.45, 2.75) is 26.7 Å². The van der Waals surface area contributed by atoms with Crippen molar-refractivity contribution in [2.24, 2.45) is 0 Å². The van der Waals surface area contributed by atoms with Crippen LogP contribution in [0.4, 0.5) is 0 Å². The van der Waals surface area contributed by atoms with E-state index in [9.17, 15) is 0 Å². The van der Waals surface area contributed by atoms with E-state index < -0.39 is 0 Å². The maximum Gasteiger partial charge on any atom is 0.144 e. The standard InChI is InChI=1S/C13H14BrN3S/c1-7(2)11-10(14)13(18)17-12(16-11)9-6-15-5-4-8(9)3/h4-7H,1-3H3,(H,16,17,18). The molecule has 2 heterocycles.